The van der Waals surface area contributed by atoms with Gasteiger partial charge in [-0.1, -0.05) is 48.5 Å². The smallest absolute Gasteiger partial charge is 0.410 e. The normalized spacial score (nSPS) is 20.2. The number of hydrogen-bond acceptors (Lipinski definition) is 4. The van der Waals surface area contributed by atoms with Crippen molar-refractivity contribution in [2.24, 2.45) is 0 Å². The van der Waals surface area contributed by atoms with Gasteiger partial charge in [-0.15, -0.1) is 0 Å². The lowest BCUT2D eigenvalue weighted by atomic mass is 9.98. The number of ether oxygens (including phenoxy) is 2. The maximum absolute atomic E-state index is 12.5. The Balaban J connectivity index is 1.35. The van der Waals surface area contributed by atoms with E-state index in [2.05, 4.69) is 29.6 Å². The quantitative estimate of drug-likeness (QED) is 0.762. The van der Waals surface area contributed by atoms with Gasteiger partial charge in [0.25, 0.3) is 0 Å². The monoisotopic (exact) mass is 422 g/mol. The van der Waals surface area contributed by atoms with Crippen molar-refractivity contribution in [3.05, 3.63) is 59.7 Å². The number of benzene rings is 2. The first-order chi connectivity index (χ1) is 14.7. The molecule has 2 aromatic rings. The zero-order valence-electron chi connectivity index (χ0n) is 18.6. The summed E-state index contributed by atoms with van der Waals surface area (Å²) in [5, 5.41) is 2.92. The zero-order chi connectivity index (χ0) is 22.2. The van der Waals surface area contributed by atoms with Gasteiger partial charge in [0.2, 0.25) is 0 Å². The van der Waals surface area contributed by atoms with E-state index in [-0.39, 0.29) is 30.7 Å². The van der Waals surface area contributed by atoms with Crippen molar-refractivity contribution < 1.29 is 19.1 Å². The van der Waals surface area contributed by atoms with Crippen LogP contribution in [-0.4, -0.2) is 47.9 Å². The standard InChI is InChI=1S/C25H30N2O4/c1-16-13-17(14-27(16)24(29)31-25(2,3)4)26-23(28)30-15-22-20-11-7-5-9-18(20)19-10-6-8-12-21(19)22/h5-12,16-17,22H,13-15H2,1-4H3,(H,26,28)/t16?,17-/m0/s1. The highest BCUT2D eigenvalue weighted by Gasteiger charge is 2.36. The van der Waals surface area contributed by atoms with Gasteiger partial charge in [0.1, 0.15) is 12.2 Å². The Morgan fingerprint density at radius 1 is 1.03 bits per heavy atom. The van der Waals surface area contributed by atoms with E-state index in [1.807, 2.05) is 52.0 Å². The molecule has 0 aromatic heterocycles. The highest BCUT2D eigenvalue weighted by molar-refractivity contribution is 5.79. The molecule has 1 aliphatic carbocycles. The Morgan fingerprint density at radius 3 is 2.19 bits per heavy atom. The number of fused-ring (bicyclic) bond motifs is 3. The average Bonchev–Trinajstić information content (AvgIpc) is 3.23. The average molecular weight is 423 g/mol. The second-order valence-electron chi connectivity index (χ2n) is 9.38. The molecule has 1 N–H and O–H groups in total. The summed E-state index contributed by atoms with van der Waals surface area (Å²) in [6, 6.07) is 16.3. The van der Waals surface area contributed by atoms with Crippen LogP contribution in [-0.2, 0) is 9.47 Å². The molecule has 6 nitrogen and oxygen atoms in total. The molecular formula is C25H30N2O4. The molecule has 2 atom stereocenters. The van der Waals surface area contributed by atoms with Crippen LogP contribution in [0.4, 0.5) is 9.59 Å². The predicted octanol–water partition coefficient (Wildman–Crippen LogP) is 4.92. The number of carbonyl (C=O) groups excluding carboxylic acids is 2. The molecule has 0 radical (unpaired) electrons. The molecule has 164 valence electrons. The molecule has 0 spiro atoms. The number of rotatable bonds is 3. The maximum atomic E-state index is 12.5. The third kappa shape index (κ3) is 4.53. The molecule has 2 aromatic carbocycles. The number of nitrogens with zero attached hydrogens (tertiary/aromatic N) is 1. The summed E-state index contributed by atoms with van der Waals surface area (Å²) in [4.78, 5) is 26.6. The molecule has 4 rings (SSSR count). The third-order valence-corrected chi connectivity index (χ3v) is 5.87. The van der Waals surface area contributed by atoms with Crippen molar-refractivity contribution in [2.75, 3.05) is 13.2 Å². The van der Waals surface area contributed by atoms with E-state index in [9.17, 15) is 9.59 Å². The molecule has 0 saturated carbocycles. The molecule has 6 heteroatoms. The number of nitrogens with one attached hydrogen (secondary N) is 1. The van der Waals surface area contributed by atoms with E-state index in [1.165, 1.54) is 22.3 Å². The largest absolute Gasteiger partial charge is 0.449 e. The lowest BCUT2D eigenvalue weighted by Gasteiger charge is -2.26. The first kappa shape index (κ1) is 21.2. The molecular weight excluding hydrogens is 392 g/mol. The van der Waals surface area contributed by atoms with Gasteiger partial charge in [-0.2, -0.15) is 0 Å². The second-order valence-corrected chi connectivity index (χ2v) is 9.38. The van der Waals surface area contributed by atoms with Gasteiger partial charge in [-0.25, -0.2) is 9.59 Å². The van der Waals surface area contributed by atoms with Gasteiger partial charge in [-0.05, 0) is 56.4 Å². The van der Waals surface area contributed by atoms with Gasteiger partial charge in [-0.3, -0.25) is 0 Å². The highest BCUT2D eigenvalue weighted by Crippen LogP contribution is 2.44. The van der Waals surface area contributed by atoms with Crippen LogP contribution < -0.4 is 5.32 Å². The summed E-state index contributed by atoms with van der Waals surface area (Å²) in [5.74, 6) is 0.0268. The molecule has 1 saturated heterocycles. The van der Waals surface area contributed by atoms with E-state index in [1.54, 1.807) is 4.90 Å². The van der Waals surface area contributed by atoms with Crippen LogP contribution in [0, 0.1) is 0 Å². The van der Waals surface area contributed by atoms with E-state index in [0.29, 0.717) is 13.0 Å². The minimum absolute atomic E-state index is 0.00580. The molecule has 2 aliphatic rings. The van der Waals surface area contributed by atoms with Crippen LogP contribution in [0.3, 0.4) is 0 Å². The van der Waals surface area contributed by atoms with Crippen LogP contribution in [0.25, 0.3) is 11.1 Å². The van der Waals surface area contributed by atoms with Gasteiger partial charge in [0, 0.05) is 18.5 Å². The molecule has 1 heterocycles. The van der Waals surface area contributed by atoms with Gasteiger partial charge < -0.3 is 19.7 Å². The van der Waals surface area contributed by atoms with E-state index >= 15 is 0 Å². The number of likely N-dealkylation sites (tertiary alicyclic amines) is 1. The van der Waals surface area contributed by atoms with Gasteiger partial charge >= 0.3 is 12.2 Å². The Morgan fingerprint density at radius 2 is 1.61 bits per heavy atom. The van der Waals surface area contributed by atoms with Crippen molar-refractivity contribution in [2.45, 2.75) is 57.7 Å². The molecule has 31 heavy (non-hydrogen) atoms. The molecule has 1 unspecified atom stereocenters. The lowest BCUT2D eigenvalue weighted by Crippen LogP contribution is -2.41. The first-order valence-corrected chi connectivity index (χ1v) is 10.8. The van der Waals surface area contributed by atoms with E-state index in [0.717, 1.165) is 0 Å². The van der Waals surface area contributed by atoms with Crippen LogP contribution in [0.15, 0.2) is 48.5 Å². The maximum Gasteiger partial charge on any atom is 0.410 e. The summed E-state index contributed by atoms with van der Waals surface area (Å²) < 4.78 is 11.1. The number of alkyl carbamates (subject to hydrolysis) is 1. The molecule has 1 fully saturated rings. The fourth-order valence-corrected chi connectivity index (χ4v) is 4.52. The number of carbonyl (C=O) groups is 2. The van der Waals surface area contributed by atoms with E-state index < -0.39 is 11.7 Å². The van der Waals surface area contributed by atoms with Crippen molar-refractivity contribution in [3.8, 4) is 11.1 Å². The summed E-state index contributed by atoms with van der Waals surface area (Å²) in [5.41, 5.74) is 4.22. The predicted molar refractivity (Wildman–Crippen MR) is 119 cm³/mol. The zero-order valence-corrected chi connectivity index (χ0v) is 18.6. The third-order valence-electron chi connectivity index (χ3n) is 5.87. The molecule has 0 bridgehead atoms. The van der Waals surface area contributed by atoms with Crippen LogP contribution in [0.1, 0.15) is 51.2 Å². The van der Waals surface area contributed by atoms with Crippen molar-refractivity contribution >= 4 is 12.2 Å². The second kappa shape index (κ2) is 8.25. The molecule has 1 aliphatic heterocycles. The van der Waals surface area contributed by atoms with Crippen LogP contribution in [0.5, 0.6) is 0 Å². The Labute approximate surface area is 183 Å². The van der Waals surface area contributed by atoms with Crippen molar-refractivity contribution in [1.82, 2.24) is 10.2 Å². The minimum atomic E-state index is -0.547. The number of hydrogen-bond donors (Lipinski definition) is 1. The van der Waals surface area contributed by atoms with Gasteiger partial charge in [0.05, 0.1) is 6.04 Å². The van der Waals surface area contributed by atoms with Gasteiger partial charge in [0.15, 0.2) is 0 Å². The fraction of sp³-hybridized carbons (Fsp3) is 0.440. The summed E-state index contributed by atoms with van der Waals surface area (Å²) in [7, 11) is 0. The van der Waals surface area contributed by atoms with Crippen LogP contribution in [0.2, 0.25) is 0 Å². The van der Waals surface area contributed by atoms with Crippen LogP contribution >= 0.6 is 0 Å². The highest BCUT2D eigenvalue weighted by atomic mass is 16.6. The Hall–Kier alpha value is -3.02. The summed E-state index contributed by atoms with van der Waals surface area (Å²) in [6.45, 7) is 8.19. The fourth-order valence-electron chi connectivity index (χ4n) is 4.52. The van der Waals surface area contributed by atoms with Crippen molar-refractivity contribution in [1.29, 1.82) is 0 Å². The first-order valence-electron chi connectivity index (χ1n) is 10.8. The molecule has 2 amide bonds. The topological polar surface area (TPSA) is 67.9 Å². The minimum Gasteiger partial charge on any atom is -0.449 e. The lowest BCUT2D eigenvalue weighted by molar-refractivity contribution is 0.0235. The Bertz CT molecular complexity index is 936. The van der Waals surface area contributed by atoms with Crippen molar-refractivity contribution in [3.63, 3.8) is 0 Å². The summed E-state index contributed by atoms with van der Waals surface area (Å²) >= 11 is 0. The van der Waals surface area contributed by atoms with E-state index in [4.69, 9.17) is 9.47 Å². The Kier molecular flexibility index (Phi) is 5.65. The SMILES string of the molecule is CC1C[C@H](NC(=O)OCC2c3ccccc3-c3ccccc32)CN1C(=O)OC(C)(C)C. The summed E-state index contributed by atoms with van der Waals surface area (Å²) in [6.07, 6.45) is -0.134. The number of amides is 2.